The van der Waals surface area contributed by atoms with Crippen molar-refractivity contribution in [2.24, 2.45) is 0 Å². The molecule has 0 saturated heterocycles. The van der Waals surface area contributed by atoms with Crippen LogP contribution in [0.5, 0.6) is 0 Å². The summed E-state index contributed by atoms with van der Waals surface area (Å²) in [6.07, 6.45) is 7.86. The maximum atomic E-state index is 13.7. The van der Waals surface area contributed by atoms with Crippen molar-refractivity contribution in [3.05, 3.63) is 57.3 Å². The molecule has 1 aliphatic carbocycles. The number of carbonyl (C=O) groups excluding carboxylic acids is 2. The fourth-order valence-electron chi connectivity index (χ4n) is 5.00. The molecule has 2 heterocycles. The van der Waals surface area contributed by atoms with Crippen molar-refractivity contribution < 1.29 is 9.59 Å². The predicted octanol–water partition coefficient (Wildman–Crippen LogP) is 6.48. The lowest BCUT2D eigenvalue weighted by molar-refractivity contribution is -0.142. The van der Waals surface area contributed by atoms with Gasteiger partial charge in [0.05, 0.1) is 6.04 Å². The van der Waals surface area contributed by atoms with Crippen molar-refractivity contribution in [2.75, 3.05) is 13.1 Å². The van der Waals surface area contributed by atoms with Crippen LogP contribution in [0.1, 0.15) is 100 Å². The highest BCUT2D eigenvalue weighted by molar-refractivity contribution is 7.10. The van der Waals surface area contributed by atoms with Crippen molar-refractivity contribution in [3.8, 4) is 0 Å². The Balaban J connectivity index is 1.53. The van der Waals surface area contributed by atoms with E-state index in [2.05, 4.69) is 63.4 Å². The van der Waals surface area contributed by atoms with Crippen LogP contribution < -0.4 is 0 Å². The fourth-order valence-corrected chi connectivity index (χ4v) is 5.90. The number of rotatable bonds is 9. The third kappa shape index (κ3) is 5.73. The van der Waals surface area contributed by atoms with Crippen LogP contribution in [0.3, 0.4) is 0 Å². The van der Waals surface area contributed by atoms with Crippen molar-refractivity contribution >= 4 is 23.2 Å². The highest BCUT2D eigenvalue weighted by atomic mass is 32.1. The van der Waals surface area contributed by atoms with Crippen molar-refractivity contribution in [1.82, 2.24) is 9.80 Å². The Labute approximate surface area is 209 Å². The van der Waals surface area contributed by atoms with Gasteiger partial charge in [0, 0.05) is 23.9 Å². The van der Waals surface area contributed by atoms with E-state index in [1.807, 2.05) is 9.80 Å². The molecule has 184 valence electrons. The first kappa shape index (κ1) is 25.0. The van der Waals surface area contributed by atoms with E-state index in [0.717, 1.165) is 44.1 Å². The van der Waals surface area contributed by atoms with E-state index in [9.17, 15) is 9.59 Å². The molecule has 1 atom stereocenters. The summed E-state index contributed by atoms with van der Waals surface area (Å²) in [6.45, 7) is 9.78. The first-order valence-corrected chi connectivity index (χ1v) is 13.9. The Hall–Kier alpha value is -2.14. The second-order valence-electron chi connectivity index (χ2n) is 11.0. The number of thiophene rings is 1. The van der Waals surface area contributed by atoms with Gasteiger partial charge >= 0.3 is 0 Å². The van der Waals surface area contributed by atoms with E-state index in [1.54, 1.807) is 11.3 Å². The molecule has 1 aliphatic heterocycles. The van der Waals surface area contributed by atoms with Gasteiger partial charge in [-0.1, -0.05) is 71.2 Å². The third-order valence-corrected chi connectivity index (χ3v) is 8.23. The van der Waals surface area contributed by atoms with Gasteiger partial charge in [-0.2, -0.15) is 0 Å². The van der Waals surface area contributed by atoms with Crippen molar-refractivity contribution in [3.63, 3.8) is 0 Å². The standard InChI is InChI=1S/C29H40N2O2S/c1-5-6-7-8-9-26(32)31(23-14-15-23)20-27(33)30-18-16-25-24(17-19-34-25)28(30)21-10-12-22(13-11-21)29(2,3)4/h10-13,17,19,23,28H,5-9,14-16,18,20H2,1-4H3. The quantitative estimate of drug-likeness (QED) is 0.385. The summed E-state index contributed by atoms with van der Waals surface area (Å²) in [5.41, 5.74) is 3.79. The summed E-state index contributed by atoms with van der Waals surface area (Å²) in [4.78, 5) is 32.0. The molecule has 5 heteroatoms. The van der Waals surface area contributed by atoms with Crippen LogP contribution in [-0.2, 0) is 21.4 Å². The number of benzene rings is 1. The average molecular weight is 481 g/mol. The van der Waals surface area contributed by atoms with Gasteiger partial charge in [-0.05, 0) is 59.2 Å². The topological polar surface area (TPSA) is 40.6 Å². The third-order valence-electron chi connectivity index (χ3n) is 7.24. The van der Waals surface area contributed by atoms with Crippen LogP contribution in [0.25, 0.3) is 0 Å². The summed E-state index contributed by atoms with van der Waals surface area (Å²) in [5.74, 6) is 0.238. The number of hydrogen-bond acceptors (Lipinski definition) is 3. The molecule has 1 aromatic carbocycles. The molecule has 0 radical (unpaired) electrons. The molecule has 4 rings (SSSR count). The van der Waals surface area contributed by atoms with Crippen LogP contribution in [0.4, 0.5) is 0 Å². The first-order valence-electron chi connectivity index (χ1n) is 13.0. The van der Waals surface area contributed by atoms with Gasteiger partial charge in [0.15, 0.2) is 0 Å². The Morgan fingerprint density at radius 1 is 1.06 bits per heavy atom. The Bertz CT molecular complexity index is 984. The van der Waals surface area contributed by atoms with E-state index in [4.69, 9.17) is 0 Å². The fraction of sp³-hybridized carbons (Fsp3) is 0.586. The molecule has 1 unspecified atom stereocenters. The maximum absolute atomic E-state index is 13.7. The minimum atomic E-state index is -0.0720. The lowest BCUT2D eigenvalue weighted by Crippen LogP contribution is -2.47. The number of hydrogen-bond donors (Lipinski definition) is 0. The lowest BCUT2D eigenvalue weighted by Gasteiger charge is -2.38. The zero-order chi connectivity index (χ0) is 24.3. The minimum Gasteiger partial charge on any atom is -0.330 e. The van der Waals surface area contributed by atoms with E-state index in [0.29, 0.717) is 13.0 Å². The number of carbonyl (C=O) groups is 2. The molecule has 0 bridgehead atoms. The zero-order valence-corrected chi connectivity index (χ0v) is 22.1. The molecule has 1 aromatic heterocycles. The molecule has 1 saturated carbocycles. The molecular weight excluding hydrogens is 440 g/mol. The molecule has 0 spiro atoms. The smallest absolute Gasteiger partial charge is 0.243 e. The SMILES string of the molecule is CCCCCCC(=O)N(CC(=O)N1CCc2sccc2C1c1ccc(C(C)(C)C)cc1)C1CC1. The van der Waals surface area contributed by atoms with Crippen LogP contribution >= 0.6 is 11.3 Å². The first-order chi connectivity index (χ1) is 16.3. The maximum Gasteiger partial charge on any atom is 0.243 e. The molecule has 34 heavy (non-hydrogen) atoms. The summed E-state index contributed by atoms with van der Waals surface area (Å²) in [5, 5.41) is 2.14. The van der Waals surface area contributed by atoms with E-state index >= 15 is 0 Å². The van der Waals surface area contributed by atoms with E-state index < -0.39 is 0 Å². The summed E-state index contributed by atoms with van der Waals surface area (Å²) in [6, 6.07) is 11.2. The molecule has 2 amide bonds. The van der Waals surface area contributed by atoms with E-state index in [1.165, 1.54) is 22.4 Å². The number of nitrogens with zero attached hydrogens (tertiary/aromatic N) is 2. The Kier molecular flexibility index (Phi) is 7.81. The number of unbranched alkanes of at least 4 members (excludes halogenated alkanes) is 3. The van der Waals surface area contributed by atoms with Gasteiger partial charge in [-0.25, -0.2) is 0 Å². The van der Waals surface area contributed by atoms with Crippen molar-refractivity contribution in [2.45, 2.75) is 96.6 Å². The average Bonchev–Trinajstić information content (AvgIpc) is 3.54. The number of fused-ring (bicyclic) bond motifs is 1. The van der Waals surface area contributed by atoms with Gasteiger partial charge in [0.2, 0.25) is 11.8 Å². The van der Waals surface area contributed by atoms with E-state index in [-0.39, 0.29) is 35.9 Å². The second kappa shape index (κ2) is 10.6. The highest BCUT2D eigenvalue weighted by Crippen LogP contribution is 2.39. The molecule has 4 nitrogen and oxygen atoms in total. The normalized spacial score (nSPS) is 18.0. The van der Waals surface area contributed by atoms with Gasteiger partial charge in [-0.3, -0.25) is 9.59 Å². The van der Waals surface area contributed by atoms with Gasteiger partial charge in [-0.15, -0.1) is 11.3 Å². The summed E-state index contributed by atoms with van der Waals surface area (Å²) in [7, 11) is 0. The second-order valence-corrected chi connectivity index (χ2v) is 12.0. The van der Waals surface area contributed by atoms with Crippen LogP contribution in [0.2, 0.25) is 0 Å². The predicted molar refractivity (Wildman–Crippen MR) is 140 cm³/mol. The van der Waals surface area contributed by atoms with Crippen LogP contribution in [-0.4, -0.2) is 40.7 Å². The largest absolute Gasteiger partial charge is 0.330 e. The monoisotopic (exact) mass is 480 g/mol. The lowest BCUT2D eigenvalue weighted by atomic mass is 9.85. The molecule has 2 aliphatic rings. The highest BCUT2D eigenvalue weighted by Gasteiger charge is 2.38. The summed E-state index contributed by atoms with van der Waals surface area (Å²) >= 11 is 1.79. The molecule has 2 aromatic rings. The van der Waals surface area contributed by atoms with Gasteiger partial charge < -0.3 is 9.80 Å². The summed E-state index contributed by atoms with van der Waals surface area (Å²) < 4.78 is 0. The molecule has 0 N–H and O–H groups in total. The van der Waals surface area contributed by atoms with Crippen LogP contribution in [0.15, 0.2) is 35.7 Å². The van der Waals surface area contributed by atoms with Crippen molar-refractivity contribution in [1.29, 1.82) is 0 Å². The number of amides is 2. The Morgan fingerprint density at radius 2 is 1.79 bits per heavy atom. The van der Waals surface area contributed by atoms with Gasteiger partial charge in [0.25, 0.3) is 0 Å². The zero-order valence-electron chi connectivity index (χ0n) is 21.3. The van der Waals surface area contributed by atoms with Crippen LogP contribution in [0, 0.1) is 0 Å². The molecular formula is C29H40N2O2S. The van der Waals surface area contributed by atoms with Gasteiger partial charge in [0.1, 0.15) is 6.54 Å². The molecule has 1 fully saturated rings. The minimum absolute atomic E-state index is 0.0720. The Morgan fingerprint density at radius 3 is 2.44 bits per heavy atom.